The number of aliphatic hydroxyl groups is 1. The summed E-state index contributed by atoms with van der Waals surface area (Å²) in [5, 5.41) is 10.3. The second-order valence-electron chi connectivity index (χ2n) is 4.12. The summed E-state index contributed by atoms with van der Waals surface area (Å²) < 4.78 is 5.37. The van der Waals surface area contributed by atoms with E-state index >= 15 is 0 Å². The number of methoxy groups -OCH3 is 1. The number of pyridine rings is 1. The van der Waals surface area contributed by atoms with Gasteiger partial charge in [-0.15, -0.1) is 0 Å². The van der Waals surface area contributed by atoms with Crippen molar-refractivity contribution in [1.82, 2.24) is 4.98 Å². The van der Waals surface area contributed by atoms with Crippen molar-refractivity contribution in [2.45, 2.75) is 12.2 Å². The predicted octanol–water partition coefficient (Wildman–Crippen LogP) is 2.48. The molecule has 0 saturated carbocycles. The van der Waals surface area contributed by atoms with Crippen molar-refractivity contribution in [3.05, 3.63) is 53.9 Å². The molecule has 86 valence electrons. The van der Waals surface area contributed by atoms with E-state index in [4.69, 9.17) is 4.74 Å². The van der Waals surface area contributed by atoms with E-state index < -0.39 is 6.10 Å². The van der Waals surface area contributed by atoms with Crippen molar-refractivity contribution in [3.63, 3.8) is 0 Å². The minimum absolute atomic E-state index is 0.388. The molecule has 0 unspecified atom stereocenters. The van der Waals surface area contributed by atoms with Crippen LogP contribution in [0.4, 0.5) is 0 Å². The van der Waals surface area contributed by atoms with Gasteiger partial charge in [0.1, 0.15) is 12.2 Å². The average molecular weight is 227 g/mol. The molecule has 0 spiro atoms. The molecule has 0 fully saturated rings. The smallest absolute Gasteiger partial charge is 0.130 e. The number of fused-ring (bicyclic) bond motifs is 3. The third kappa shape index (κ3) is 1.47. The molecule has 1 N–H and O–H groups in total. The molecule has 1 aromatic carbocycles. The van der Waals surface area contributed by atoms with Crippen LogP contribution in [0.2, 0.25) is 0 Å². The number of aromatic nitrogens is 1. The molecule has 1 aliphatic carbocycles. The summed E-state index contributed by atoms with van der Waals surface area (Å²) in [5.41, 5.74) is 3.79. The van der Waals surface area contributed by atoms with E-state index in [0.717, 1.165) is 22.4 Å². The van der Waals surface area contributed by atoms with Gasteiger partial charge in [0.25, 0.3) is 0 Å². The summed E-state index contributed by atoms with van der Waals surface area (Å²) in [6.07, 6.45) is 0.686. The van der Waals surface area contributed by atoms with Gasteiger partial charge in [0, 0.05) is 18.9 Å². The first-order valence-electron chi connectivity index (χ1n) is 5.58. The molecule has 3 rings (SSSR count). The molecular weight excluding hydrogens is 214 g/mol. The lowest BCUT2D eigenvalue weighted by Crippen LogP contribution is -2.20. The monoisotopic (exact) mass is 227 g/mol. The maximum absolute atomic E-state index is 10.3. The van der Waals surface area contributed by atoms with Crippen LogP contribution in [0, 0.1) is 0 Å². The predicted molar refractivity (Wildman–Crippen MR) is 64.4 cm³/mol. The highest BCUT2D eigenvalue weighted by Crippen LogP contribution is 2.44. The zero-order chi connectivity index (χ0) is 11.8. The Kier molecular flexibility index (Phi) is 2.42. The van der Waals surface area contributed by atoms with Crippen LogP contribution in [-0.4, -0.2) is 17.2 Å². The summed E-state index contributed by atoms with van der Waals surface area (Å²) >= 11 is 0. The van der Waals surface area contributed by atoms with E-state index in [1.165, 1.54) is 0 Å². The first-order valence-corrected chi connectivity index (χ1v) is 5.58. The summed E-state index contributed by atoms with van der Waals surface area (Å²) in [6.45, 7) is 0. The quantitative estimate of drug-likeness (QED) is 0.813. The highest BCUT2D eigenvalue weighted by Gasteiger charge is 2.33. The van der Waals surface area contributed by atoms with Crippen LogP contribution in [0.25, 0.3) is 11.1 Å². The number of benzene rings is 1. The van der Waals surface area contributed by atoms with Gasteiger partial charge in [-0.05, 0) is 17.2 Å². The van der Waals surface area contributed by atoms with Crippen LogP contribution >= 0.6 is 0 Å². The molecule has 3 nitrogen and oxygen atoms in total. The molecule has 17 heavy (non-hydrogen) atoms. The van der Waals surface area contributed by atoms with Crippen molar-refractivity contribution < 1.29 is 9.84 Å². The van der Waals surface area contributed by atoms with Crippen molar-refractivity contribution in [2.75, 3.05) is 7.11 Å². The maximum Gasteiger partial charge on any atom is 0.130 e. The molecule has 0 aliphatic heterocycles. The Balaban J connectivity index is 2.29. The van der Waals surface area contributed by atoms with Gasteiger partial charge in [0.15, 0.2) is 0 Å². The van der Waals surface area contributed by atoms with E-state index in [1.54, 1.807) is 13.3 Å². The summed E-state index contributed by atoms with van der Waals surface area (Å²) in [5.74, 6) is 0. The van der Waals surface area contributed by atoms with Gasteiger partial charge in [0.05, 0.1) is 5.69 Å². The summed E-state index contributed by atoms with van der Waals surface area (Å²) in [4.78, 5) is 4.34. The minimum atomic E-state index is -0.654. The number of hydrogen-bond acceptors (Lipinski definition) is 3. The molecule has 0 amide bonds. The molecule has 0 radical (unpaired) electrons. The number of rotatable bonds is 1. The fourth-order valence-electron chi connectivity index (χ4n) is 2.43. The Morgan fingerprint density at radius 2 is 1.88 bits per heavy atom. The molecule has 2 aromatic rings. The lowest BCUT2D eigenvalue weighted by atomic mass is 9.85. The van der Waals surface area contributed by atoms with E-state index in [2.05, 4.69) is 4.98 Å². The van der Waals surface area contributed by atoms with Gasteiger partial charge in [0.2, 0.25) is 0 Å². The third-order valence-corrected chi connectivity index (χ3v) is 3.22. The molecule has 3 heteroatoms. The SMILES string of the molecule is CO[C@H]1c2ncccc2-c2ccccc2[C@@H]1O. The number of ether oxygens (including phenoxy) is 1. The molecule has 1 aliphatic rings. The Hall–Kier alpha value is -1.71. The van der Waals surface area contributed by atoms with Gasteiger partial charge in [-0.2, -0.15) is 0 Å². The van der Waals surface area contributed by atoms with Crippen LogP contribution < -0.4 is 0 Å². The lowest BCUT2D eigenvalue weighted by molar-refractivity contribution is -0.0186. The highest BCUT2D eigenvalue weighted by molar-refractivity contribution is 5.72. The van der Waals surface area contributed by atoms with Crippen LogP contribution in [0.5, 0.6) is 0 Å². The fraction of sp³-hybridized carbons (Fsp3) is 0.214. The number of nitrogens with zero attached hydrogens (tertiary/aromatic N) is 1. The Morgan fingerprint density at radius 1 is 1.12 bits per heavy atom. The molecule has 1 heterocycles. The third-order valence-electron chi connectivity index (χ3n) is 3.22. The standard InChI is InChI=1S/C14H13NO2/c1-17-14-12-10(7-4-8-15-12)9-5-2-3-6-11(9)13(14)16/h2-8,13-14,16H,1H3/t13-,14-/m0/s1. The van der Waals surface area contributed by atoms with Gasteiger partial charge in [-0.3, -0.25) is 4.98 Å². The average Bonchev–Trinajstić information content (AvgIpc) is 2.40. The molecular formula is C14H13NO2. The molecule has 0 saturated heterocycles. The minimum Gasteiger partial charge on any atom is -0.385 e. The van der Waals surface area contributed by atoms with Crippen molar-refractivity contribution in [2.24, 2.45) is 0 Å². The first-order chi connectivity index (χ1) is 8.33. The molecule has 2 atom stereocenters. The van der Waals surface area contributed by atoms with E-state index in [1.807, 2.05) is 36.4 Å². The van der Waals surface area contributed by atoms with Crippen molar-refractivity contribution in [1.29, 1.82) is 0 Å². The van der Waals surface area contributed by atoms with Crippen LogP contribution in [0.3, 0.4) is 0 Å². The second-order valence-corrected chi connectivity index (χ2v) is 4.12. The van der Waals surface area contributed by atoms with Crippen LogP contribution in [0.15, 0.2) is 42.6 Å². The van der Waals surface area contributed by atoms with Crippen LogP contribution in [-0.2, 0) is 4.74 Å². The lowest BCUT2D eigenvalue weighted by Gasteiger charge is -2.30. The zero-order valence-electron chi connectivity index (χ0n) is 9.50. The van der Waals surface area contributed by atoms with Gasteiger partial charge >= 0.3 is 0 Å². The summed E-state index contributed by atoms with van der Waals surface area (Å²) in [7, 11) is 1.60. The second kappa shape index (κ2) is 3.95. The Morgan fingerprint density at radius 3 is 2.71 bits per heavy atom. The van der Waals surface area contributed by atoms with Crippen molar-refractivity contribution >= 4 is 0 Å². The topological polar surface area (TPSA) is 42.4 Å². The molecule has 1 aromatic heterocycles. The largest absolute Gasteiger partial charge is 0.385 e. The highest BCUT2D eigenvalue weighted by atomic mass is 16.5. The number of aliphatic hydroxyl groups excluding tert-OH is 1. The first kappa shape index (κ1) is 10.4. The Labute approximate surface area is 99.7 Å². The number of hydrogen-bond donors (Lipinski definition) is 1. The normalized spacial score (nSPS) is 21.8. The Bertz CT molecular complexity index is 553. The fourth-order valence-corrected chi connectivity index (χ4v) is 2.43. The van der Waals surface area contributed by atoms with E-state index in [-0.39, 0.29) is 6.10 Å². The zero-order valence-corrected chi connectivity index (χ0v) is 9.50. The van der Waals surface area contributed by atoms with Crippen LogP contribution in [0.1, 0.15) is 23.5 Å². The van der Waals surface area contributed by atoms with E-state index in [0.29, 0.717) is 0 Å². The summed E-state index contributed by atoms with van der Waals surface area (Å²) in [6, 6.07) is 11.7. The van der Waals surface area contributed by atoms with Gasteiger partial charge in [-0.1, -0.05) is 30.3 Å². The maximum atomic E-state index is 10.3. The molecule has 0 bridgehead atoms. The van der Waals surface area contributed by atoms with Gasteiger partial charge in [-0.25, -0.2) is 0 Å². The van der Waals surface area contributed by atoms with Gasteiger partial charge < -0.3 is 9.84 Å². The van der Waals surface area contributed by atoms with E-state index in [9.17, 15) is 5.11 Å². The van der Waals surface area contributed by atoms with Crippen molar-refractivity contribution in [3.8, 4) is 11.1 Å².